The number of halogens is 1. The average molecular weight is 165 g/mol. The summed E-state index contributed by atoms with van der Waals surface area (Å²) in [6.07, 6.45) is 0.936. The molecule has 0 aromatic heterocycles. The molecule has 0 radical (unpaired) electrons. The summed E-state index contributed by atoms with van der Waals surface area (Å²) in [6, 6.07) is 0. The van der Waals surface area contributed by atoms with Crippen LogP contribution in [0.25, 0.3) is 0 Å². The average Bonchev–Trinajstić information content (AvgIpc) is 1.79. The van der Waals surface area contributed by atoms with Gasteiger partial charge in [-0.2, -0.15) is 0 Å². The fourth-order valence-corrected chi connectivity index (χ4v) is 0.676. The van der Waals surface area contributed by atoms with Crippen LogP contribution in [0.2, 0.25) is 0 Å². The van der Waals surface area contributed by atoms with E-state index in [1.807, 2.05) is 14.1 Å². The molecule has 0 aliphatic heterocycles. The van der Waals surface area contributed by atoms with Crippen molar-refractivity contribution >= 4 is 17.0 Å². The lowest BCUT2D eigenvalue weighted by Gasteiger charge is -2.07. The van der Waals surface area contributed by atoms with E-state index in [9.17, 15) is 4.79 Å². The van der Waals surface area contributed by atoms with Gasteiger partial charge in [-0.3, -0.25) is 4.79 Å². The van der Waals surface area contributed by atoms with E-state index in [-0.39, 0.29) is 0 Å². The molecule has 0 aliphatic rings. The van der Waals surface area contributed by atoms with Crippen molar-refractivity contribution in [3.8, 4) is 0 Å². The van der Waals surface area contributed by atoms with Gasteiger partial charge in [0.2, 0.25) is 0 Å². The monoisotopic (exact) mass is 164 g/mol. The molecule has 0 saturated heterocycles. The third kappa shape index (κ3) is 7.72. The number of nitrogens with one attached hydrogen (secondary N) is 1. The predicted molar refractivity (Wildman–Crippen MR) is 42.4 cm³/mol. The maximum Gasteiger partial charge on any atom is 0.313 e. The molecule has 0 rings (SSSR count). The van der Waals surface area contributed by atoms with E-state index in [1.165, 1.54) is 0 Å². The molecule has 0 aromatic rings. The molecule has 0 unspecified atom stereocenters. The molecule has 0 spiro atoms. The highest BCUT2D eigenvalue weighted by Gasteiger charge is 1.92. The Morgan fingerprint density at radius 2 is 2.20 bits per heavy atom. The van der Waals surface area contributed by atoms with Gasteiger partial charge < -0.3 is 10.2 Å². The van der Waals surface area contributed by atoms with Crippen molar-refractivity contribution in [1.82, 2.24) is 10.2 Å². The van der Waals surface area contributed by atoms with Crippen LogP contribution in [0.5, 0.6) is 0 Å². The molecule has 0 atom stereocenters. The molecule has 3 nitrogen and oxygen atoms in total. The quantitative estimate of drug-likeness (QED) is 0.380. The first-order chi connectivity index (χ1) is 4.63. The summed E-state index contributed by atoms with van der Waals surface area (Å²) in [5.41, 5.74) is 0. The van der Waals surface area contributed by atoms with Crippen LogP contribution in [0.15, 0.2) is 0 Å². The number of hydrogen-bond acceptors (Lipinski definition) is 2. The zero-order chi connectivity index (χ0) is 7.98. The summed E-state index contributed by atoms with van der Waals surface area (Å²) in [5, 5.41) is 2.03. The van der Waals surface area contributed by atoms with Gasteiger partial charge in [0.25, 0.3) is 0 Å². The second-order valence-corrected chi connectivity index (χ2v) is 2.70. The van der Waals surface area contributed by atoms with Gasteiger partial charge in [-0.1, -0.05) is 0 Å². The van der Waals surface area contributed by atoms with E-state index in [0.29, 0.717) is 6.54 Å². The van der Waals surface area contributed by atoms with Crippen molar-refractivity contribution < 1.29 is 4.79 Å². The largest absolute Gasteiger partial charge is 0.343 e. The third-order valence-corrected chi connectivity index (χ3v) is 1.18. The molecule has 0 heterocycles. The minimum Gasteiger partial charge on any atom is -0.343 e. The van der Waals surface area contributed by atoms with Crippen LogP contribution in [0.3, 0.4) is 0 Å². The number of amides is 1. The maximum absolute atomic E-state index is 10.1. The van der Waals surface area contributed by atoms with Crippen molar-refractivity contribution in [2.24, 2.45) is 0 Å². The fraction of sp³-hybridized carbons (Fsp3) is 0.833. The van der Waals surface area contributed by atoms with Crippen LogP contribution in [-0.2, 0) is 0 Å². The molecule has 60 valence electrons. The third-order valence-electron chi connectivity index (χ3n) is 1.05. The molecule has 0 aliphatic carbocycles. The number of hydrogen-bond donors (Lipinski definition) is 1. The van der Waals surface area contributed by atoms with Gasteiger partial charge in [0, 0.05) is 6.54 Å². The highest BCUT2D eigenvalue weighted by molar-refractivity contribution is 6.62. The normalized spacial score (nSPS) is 10.0. The smallest absolute Gasteiger partial charge is 0.313 e. The minimum atomic E-state index is -0.473. The van der Waals surface area contributed by atoms with E-state index < -0.39 is 5.37 Å². The highest BCUT2D eigenvalue weighted by atomic mass is 35.5. The van der Waals surface area contributed by atoms with E-state index in [0.717, 1.165) is 13.0 Å². The molecule has 0 aromatic carbocycles. The molecule has 0 fully saturated rings. The lowest BCUT2D eigenvalue weighted by atomic mass is 10.4. The Morgan fingerprint density at radius 1 is 1.60 bits per heavy atom. The Morgan fingerprint density at radius 3 is 2.60 bits per heavy atom. The zero-order valence-corrected chi connectivity index (χ0v) is 7.11. The van der Waals surface area contributed by atoms with E-state index in [1.54, 1.807) is 0 Å². The first-order valence-electron chi connectivity index (χ1n) is 3.21. The summed E-state index contributed by atoms with van der Waals surface area (Å²) in [4.78, 5) is 12.2. The first kappa shape index (κ1) is 9.72. The van der Waals surface area contributed by atoms with Crippen LogP contribution < -0.4 is 5.32 Å². The molecule has 10 heavy (non-hydrogen) atoms. The fourth-order valence-electron chi connectivity index (χ4n) is 0.582. The summed E-state index contributed by atoms with van der Waals surface area (Å²) in [5.74, 6) is 0. The standard InChI is InChI=1S/C6H13ClN2O/c1-9(2)5-3-4-8-6(7)10/h3-5H2,1-2H3,(H,8,10). The second-order valence-electron chi connectivity index (χ2n) is 2.36. The lowest BCUT2D eigenvalue weighted by molar-refractivity contribution is 0.259. The summed E-state index contributed by atoms with van der Waals surface area (Å²) in [6.45, 7) is 1.62. The zero-order valence-electron chi connectivity index (χ0n) is 6.35. The predicted octanol–water partition coefficient (Wildman–Crippen LogP) is 0.887. The van der Waals surface area contributed by atoms with Crippen molar-refractivity contribution in [2.75, 3.05) is 27.2 Å². The number of nitrogens with zero attached hydrogens (tertiary/aromatic N) is 1. The Balaban J connectivity index is 2.98. The van der Waals surface area contributed by atoms with E-state index >= 15 is 0 Å². The van der Waals surface area contributed by atoms with Crippen LogP contribution >= 0.6 is 11.6 Å². The van der Waals surface area contributed by atoms with Crippen molar-refractivity contribution in [2.45, 2.75) is 6.42 Å². The van der Waals surface area contributed by atoms with Crippen molar-refractivity contribution in [3.05, 3.63) is 0 Å². The molecule has 0 bridgehead atoms. The van der Waals surface area contributed by atoms with Gasteiger partial charge in [0.1, 0.15) is 0 Å². The van der Waals surface area contributed by atoms with Gasteiger partial charge >= 0.3 is 5.37 Å². The Hall–Kier alpha value is -0.280. The Bertz CT molecular complexity index is 106. The topological polar surface area (TPSA) is 32.3 Å². The summed E-state index contributed by atoms with van der Waals surface area (Å²) in [7, 11) is 3.98. The minimum absolute atomic E-state index is 0.473. The maximum atomic E-state index is 10.1. The Kier molecular flexibility index (Phi) is 5.35. The second kappa shape index (κ2) is 5.50. The molecular weight excluding hydrogens is 152 g/mol. The Labute approximate surface area is 66.3 Å². The van der Waals surface area contributed by atoms with Gasteiger partial charge in [-0.25, -0.2) is 0 Å². The summed E-state index contributed by atoms with van der Waals surface area (Å²) < 4.78 is 0. The van der Waals surface area contributed by atoms with Gasteiger partial charge in [0.05, 0.1) is 0 Å². The number of rotatable bonds is 4. The lowest BCUT2D eigenvalue weighted by Crippen LogP contribution is -2.22. The highest BCUT2D eigenvalue weighted by Crippen LogP contribution is 1.82. The molecular formula is C6H13ClN2O. The van der Waals surface area contributed by atoms with Crippen LogP contribution in [0.4, 0.5) is 4.79 Å². The number of carbonyl (C=O) groups excluding carboxylic acids is 1. The van der Waals surface area contributed by atoms with Crippen molar-refractivity contribution in [3.63, 3.8) is 0 Å². The SMILES string of the molecule is CN(C)CCCNC(=O)Cl. The van der Waals surface area contributed by atoms with Crippen LogP contribution in [0.1, 0.15) is 6.42 Å². The number of carbonyl (C=O) groups is 1. The molecule has 4 heteroatoms. The van der Waals surface area contributed by atoms with E-state index in [4.69, 9.17) is 11.6 Å². The van der Waals surface area contributed by atoms with Gasteiger partial charge in [0.15, 0.2) is 0 Å². The van der Waals surface area contributed by atoms with Crippen molar-refractivity contribution in [1.29, 1.82) is 0 Å². The molecule has 1 amide bonds. The van der Waals surface area contributed by atoms with Crippen LogP contribution in [-0.4, -0.2) is 37.5 Å². The molecule has 1 N–H and O–H groups in total. The molecule has 0 saturated carbocycles. The van der Waals surface area contributed by atoms with E-state index in [2.05, 4.69) is 10.2 Å². The van der Waals surface area contributed by atoms with Gasteiger partial charge in [-0.15, -0.1) is 0 Å². The van der Waals surface area contributed by atoms with Crippen LogP contribution in [0, 0.1) is 0 Å². The first-order valence-corrected chi connectivity index (χ1v) is 3.59. The summed E-state index contributed by atoms with van der Waals surface area (Å²) >= 11 is 5.03. The van der Waals surface area contributed by atoms with Gasteiger partial charge in [-0.05, 0) is 38.7 Å².